The van der Waals surface area contributed by atoms with Gasteiger partial charge < -0.3 is 15.4 Å². The molecule has 0 radical (unpaired) electrons. The topological polar surface area (TPSA) is 50.4 Å². The lowest BCUT2D eigenvalue weighted by atomic mass is 10.0. The lowest BCUT2D eigenvalue weighted by Gasteiger charge is -2.18. The summed E-state index contributed by atoms with van der Waals surface area (Å²) in [6, 6.07) is 6.40. The predicted molar refractivity (Wildman–Crippen MR) is 69.9 cm³/mol. The van der Waals surface area contributed by atoms with Gasteiger partial charge >= 0.3 is 0 Å². The minimum Gasteiger partial charge on any atom is -0.484 e. The fourth-order valence-electron chi connectivity index (χ4n) is 2.18. The Kier molecular flexibility index (Phi) is 3.09. The molecular weight excluding hydrogens is 228 g/mol. The lowest BCUT2D eigenvalue weighted by molar-refractivity contribution is -0.123. The van der Waals surface area contributed by atoms with Crippen molar-refractivity contribution in [1.29, 1.82) is 0 Å². The van der Waals surface area contributed by atoms with E-state index in [1.54, 1.807) is 0 Å². The number of nitrogens with one attached hydrogen (secondary N) is 2. The highest BCUT2D eigenvalue weighted by Gasteiger charge is 2.23. The Hall–Kier alpha value is -1.71. The van der Waals surface area contributed by atoms with Gasteiger partial charge in [-0.1, -0.05) is 6.07 Å². The number of fused-ring (bicyclic) bond motifs is 1. The third-order valence-corrected chi connectivity index (χ3v) is 3.33. The smallest absolute Gasteiger partial charge is 0.258 e. The summed E-state index contributed by atoms with van der Waals surface area (Å²) in [6.45, 7) is 1.12. The number of ether oxygens (including phenoxy) is 1. The predicted octanol–water partition coefficient (Wildman–Crippen LogP) is 1.70. The fraction of sp³-hybridized carbons (Fsp3) is 0.500. The molecule has 2 aliphatic rings. The first-order valence-corrected chi connectivity index (χ1v) is 6.60. The van der Waals surface area contributed by atoms with Gasteiger partial charge in [0, 0.05) is 24.3 Å². The van der Waals surface area contributed by atoms with E-state index in [0.717, 1.165) is 37.2 Å². The molecule has 3 rings (SSSR count). The van der Waals surface area contributed by atoms with Crippen molar-refractivity contribution in [3.63, 3.8) is 0 Å². The summed E-state index contributed by atoms with van der Waals surface area (Å²) in [4.78, 5) is 11.5. The molecule has 1 fully saturated rings. The molecule has 0 bridgehead atoms. The summed E-state index contributed by atoms with van der Waals surface area (Å²) in [6.07, 6.45) is 4.50. The molecule has 1 aromatic rings. The third-order valence-electron chi connectivity index (χ3n) is 3.33. The Morgan fingerprint density at radius 1 is 1.44 bits per heavy atom. The van der Waals surface area contributed by atoms with Crippen molar-refractivity contribution in [2.24, 2.45) is 0 Å². The second kappa shape index (κ2) is 4.88. The molecule has 2 N–H and O–H groups in total. The van der Waals surface area contributed by atoms with Gasteiger partial charge in [0.2, 0.25) is 0 Å². The lowest BCUT2D eigenvalue weighted by Crippen LogP contribution is -2.30. The zero-order valence-electron chi connectivity index (χ0n) is 10.4. The van der Waals surface area contributed by atoms with E-state index in [0.29, 0.717) is 6.04 Å². The molecule has 18 heavy (non-hydrogen) atoms. The second-order valence-electron chi connectivity index (χ2n) is 4.98. The molecular formula is C14H18N2O2. The van der Waals surface area contributed by atoms with Crippen molar-refractivity contribution >= 4 is 11.6 Å². The van der Waals surface area contributed by atoms with Crippen LogP contribution in [0.4, 0.5) is 5.69 Å². The van der Waals surface area contributed by atoms with Gasteiger partial charge in [-0.05, 0) is 37.3 Å². The van der Waals surface area contributed by atoms with Crippen LogP contribution in [0, 0.1) is 0 Å². The molecule has 96 valence electrons. The summed E-state index contributed by atoms with van der Waals surface area (Å²) in [5.74, 6) is 0.734. The second-order valence-corrected chi connectivity index (χ2v) is 4.98. The average molecular weight is 246 g/mol. The number of amides is 1. The van der Waals surface area contributed by atoms with Gasteiger partial charge in [0.15, 0.2) is 6.61 Å². The number of carbonyl (C=O) groups excluding carboxylic acids is 1. The summed E-state index contributed by atoms with van der Waals surface area (Å²) in [7, 11) is 0. The molecule has 1 aliphatic heterocycles. The minimum atomic E-state index is -0.0248. The Morgan fingerprint density at radius 2 is 2.33 bits per heavy atom. The minimum absolute atomic E-state index is 0.0248. The van der Waals surface area contributed by atoms with Gasteiger partial charge in [-0.25, -0.2) is 0 Å². The molecule has 0 unspecified atom stereocenters. The number of hydrogen-bond donors (Lipinski definition) is 2. The Balaban J connectivity index is 1.56. The average Bonchev–Trinajstić information content (AvgIpc) is 3.20. The van der Waals surface area contributed by atoms with Crippen LogP contribution in [0.1, 0.15) is 24.8 Å². The first-order valence-electron chi connectivity index (χ1n) is 6.60. The van der Waals surface area contributed by atoms with Crippen LogP contribution in [-0.2, 0) is 11.2 Å². The maximum atomic E-state index is 11.5. The van der Waals surface area contributed by atoms with Crippen LogP contribution in [0.2, 0.25) is 0 Å². The third kappa shape index (κ3) is 2.75. The molecule has 1 aliphatic carbocycles. The van der Waals surface area contributed by atoms with Crippen molar-refractivity contribution in [1.82, 2.24) is 5.32 Å². The molecule has 1 aromatic carbocycles. The van der Waals surface area contributed by atoms with E-state index in [9.17, 15) is 4.79 Å². The SMILES string of the molecule is O=C(COc1ccc2c(c1)NCCC2)NC1CC1. The van der Waals surface area contributed by atoms with Crippen molar-refractivity contribution in [2.45, 2.75) is 31.7 Å². The summed E-state index contributed by atoms with van der Waals surface area (Å²) in [5, 5.41) is 6.26. The van der Waals surface area contributed by atoms with Gasteiger partial charge in [0.25, 0.3) is 5.91 Å². The number of anilines is 1. The normalized spacial score (nSPS) is 17.6. The van der Waals surface area contributed by atoms with E-state index in [1.807, 2.05) is 12.1 Å². The zero-order valence-corrected chi connectivity index (χ0v) is 10.4. The molecule has 1 heterocycles. The monoisotopic (exact) mass is 246 g/mol. The van der Waals surface area contributed by atoms with E-state index >= 15 is 0 Å². The van der Waals surface area contributed by atoms with Crippen molar-refractivity contribution < 1.29 is 9.53 Å². The summed E-state index contributed by atoms with van der Waals surface area (Å²) < 4.78 is 5.51. The van der Waals surface area contributed by atoms with E-state index in [-0.39, 0.29) is 12.5 Å². The van der Waals surface area contributed by atoms with Crippen LogP contribution in [0.25, 0.3) is 0 Å². The molecule has 4 heteroatoms. The largest absolute Gasteiger partial charge is 0.484 e. The fourth-order valence-corrected chi connectivity index (χ4v) is 2.18. The Morgan fingerprint density at radius 3 is 3.17 bits per heavy atom. The van der Waals surface area contributed by atoms with E-state index in [2.05, 4.69) is 16.7 Å². The molecule has 0 aromatic heterocycles. The maximum absolute atomic E-state index is 11.5. The molecule has 4 nitrogen and oxygen atoms in total. The van der Waals surface area contributed by atoms with Gasteiger partial charge in [0.1, 0.15) is 5.75 Å². The van der Waals surface area contributed by atoms with Gasteiger partial charge in [0.05, 0.1) is 0 Å². The standard InChI is InChI=1S/C14H18N2O2/c17-14(16-11-4-5-11)9-18-12-6-3-10-2-1-7-15-13(10)8-12/h3,6,8,11,15H,1-2,4-5,7,9H2,(H,16,17). The van der Waals surface area contributed by atoms with Crippen LogP contribution in [0.15, 0.2) is 18.2 Å². The van der Waals surface area contributed by atoms with Gasteiger partial charge in [-0.3, -0.25) is 4.79 Å². The first kappa shape index (κ1) is 11.4. The van der Waals surface area contributed by atoms with Gasteiger partial charge in [-0.15, -0.1) is 0 Å². The van der Waals surface area contributed by atoms with Crippen molar-refractivity contribution in [2.75, 3.05) is 18.5 Å². The van der Waals surface area contributed by atoms with Crippen molar-refractivity contribution in [3.8, 4) is 5.75 Å². The highest BCUT2D eigenvalue weighted by molar-refractivity contribution is 5.78. The van der Waals surface area contributed by atoms with E-state index < -0.39 is 0 Å². The van der Waals surface area contributed by atoms with Crippen LogP contribution < -0.4 is 15.4 Å². The molecule has 0 atom stereocenters. The van der Waals surface area contributed by atoms with E-state index in [1.165, 1.54) is 12.0 Å². The first-order chi connectivity index (χ1) is 8.81. The number of aryl methyl sites for hydroxylation is 1. The van der Waals surface area contributed by atoms with E-state index in [4.69, 9.17) is 4.74 Å². The molecule has 1 saturated carbocycles. The highest BCUT2D eigenvalue weighted by atomic mass is 16.5. The van der Waals surface area contributed by atoms with Gasteiger partial charge in [-0.2, -0.15) is 0 Å². The van der Waals surface area contributed by atoms with Crippen LogP contribution in [0.3, 0.4) is 0 Å². The Labute approximate surface area is 107 Å². The van der Waals surface area contributed by atoms with Crippen LogP contribution >= 0.6 is 0 Å². The summed E-state index contributed by atoms with van der Waals surface area (Å²) in [5.41, 5.74) is 2.47. The van der Waals surface area contributed by atoms with Crippen LogP contribution in [-0.4, -0.2) is 25.1 Å². The molecule has 0 spiro atoms. The zero-order chi connectivity index (χ0) is 12.4. The molecule has 1 amide bonds. The Bertz CT molecular complexity index is 455. The number of rotatable bonds is 4. The molecule has 0 saturated heterocycles. The number of hydrogen-bond acceptors (Lipinski definition) is 3. The number of benzene rings is 1. The van der Waals surface area contributed by atoms with Crippen LogP contribution in [0.5, 0.6) is 5.75 Å². The summed E-state index contributed by atoms with van der Waals surface area (Å²) >= 11 is 0. The van der Waals surface area contributed by atoms with Crippen molar-refractivity contribution in [3.05, 3.63) is 23.8 Å². The number of carbonyl (C=O) groups is 1. The maximum Gasteiger partial charge on any atom is 0.258 e. The quantitative estimate of drug-likeness (QED) is 0.850. The highest BCUT2D eigenvalue weighted by Crippen LogP contribution is 2.26.